The van der Waals surface area contributed by atoms with Gasteiger partial charge in [0.15, 0.2) is 5.96 Å². The van der Waals surface area contributed by atoms with Gasteiger partial charge in [-0.3, -0.25) is 4.99 Å². The van der Waals surface area contributed by atoms with E-state index in [1.54, 1.807) is 0 Å². The van der Waals surface area contributed by atoms with Crippen molar-refractivity contribution in [2.45, 2.75) is 52.4 Å². The first-order chi connectivity index (χ1) is 10.2. The minimum absolute atomic E-state index is 0.543. The summed E-state index contributed by atoms with van der Waals surface area (Å²) in [5.41, 5.74) is 0.543. The Balaban J connectivity index is 1.70. The van der Waals surface area contributed by atoms with E-state index in [1.165, 1.54) is 58.2 Å². The molecule has 1 aliphatic carbocycles. The highest BCUT2D eigenvalue weighted by molar-refractivity contribution is 5.79. The molecule has 0 amide bonds. The predicted molar refractivity (Wildman–Crippen MR) is 90.8 cm³/mol. The molecule has 0 aromatic carbocycles. The molecule has 122 valence electrons. The van der Waals surface area contributed by atoms with Crippen LogP contribution in [0, 0.1) is 11.3 Å². The summed E-state index contributed by atoms with van der Waals surface area (Å²) in [6.45, 7) is 10.4. The monoisotopic (exact) mass is 294 g/mol. The highest BCUT2D eigenvalue weighted by Gasteiger charge is 2.34. The second-order valence-corrected chi connectivity index (χ2v) is 6.92. The number of nitrogens with zero attached hydrogens (tertiary/aromatic N) is 2. The molecule has 1 heterocycles. The van der Waals surface area contributed by atoms with Gasteiger partial charge in [0.1, 0.15) is 0 Å². The van der Waals surface area contributed by atoms with Crippen LogP contribution in [0.2, 0.25) is 0 Å². The molecule has 2 rings (SSSR count). The van der Waals surface area contributed by atoms with Crippen molar-refractivity contribution < 1.29 is 0 Å². The maximum absolute atomic E-state index is 4.39. The minimum Gasteiger partial charge on any atom is -0.356 e. The molecule has 1 saturated carbocycles. The van der Waals surface area contributed by atoms with Crippen molar-refractivity contribution in [1.82, 2.24) is 15.5 Å². The standard InChI is InChI=1S/C17H34N4/c1-4-17(9-7-10-17)14-20-16(18-3)19-12-15-8-6-11-21(5-2)13-15/h15H,4-14H2,1-3H3,(H2,18,19,20). The van der Waals surface area contributed by atoms with E-state index in [0.29, 0.717) is 5.41 Å². The average molecular weight is 294 g/mol. The fraction of sp³-hybridized carbons (Fsp3) is 0.941. The van der Waals surface area contributed by atoms with E-state index in [4.69, 9.17) is 0 Å². The lowest BCUT2D eigenvalue weighted by atomic mass is 9.67. The molecular weight excluding hydrogens is 260 g/mol. The van der Waals surface area contributed by atoms with E-state index in [2.05, 4.69) is 34.4 Å². The lowest BCUT2D eigenvalue weighted by molar-refractivity contribution is 0.131. The summed E-state index contributed by atoms with van der Waals surface area (Å²) in [6.07, 6.45) is 8.12. The summed E-state index contributed by atoms with van der Waals surface area (Å²) in [6, 6.07) is 0. The van der Waals surface area contributed by atoms with Gasteiger partial charge >= 0.3 is 0 Å². The fourth-order valence-corrected chi connectivity index (χ4v) is 3.67. The number of guanidine groups is 1. The zero-order valence-electron chi connectivity index (χ0n) is 14.2. The number of hydrogen-bond donors (Lipinski definition) is 2. The molecule has 2 fully saturated rings. The van der Waals surface area contributed by atoms with Crippen LogP contribution < -0.4 is 10.6 Å². The number of nitrogens with one attached hydrogen (secondary N) is 2. The van der Waals surface area contributed by atoms with Gasteiger partial charge in [-0.2, -0.15) is 0 Å². The smallest absolute Gasteiger partial charge is 0.191 e. The average Bonchev–Trinajstić information content (AvgIpc) is 2.49. The molecule has 0 aromatic heterocycles. The second-order valence-electron chi connectivity index (χ2n) is 6.92. The third kappa shape index (κ3) is 4.60. The molecule has 2 aliphatic rings. The van der Waals surface area contributed by atoms with E-state index in [1.807, 2.05) is 7.05 Å². The summed E-state index contributed by atoms with van der Waals surface area (Å²) < 4.78 is 0. The van der Waals surface area contributed by atoms with Gasteiger partial charge in [0.05, 0.1) is 0 Å². The van der Waals surface area contributed by atoms with Crippen molar-refractivity contribution in [3.63, 3.8) is 0 Å². The number of likely N-dealkylation sites (tertiary alicyclic amines) is 1. The van der Waals surface area contributed by atoms with Crippen LogP contribution in [0.3, 0.4) is 0 Å². The van der Waals surface area contributed by atoms with Gasteiger partial charge < -0.3 is 15.5 Å². The maximum atomic E-state index is 4.39. The van der Waals surface area contributed by atoms with Crippen LogP contribution in [0.25, 0.3) is 0 Å². The van der Waals surface area contributed by atoms with Crippen molar-refractivity contribution in [2.24, 2.45) is 16.3 Å². The summed E-state index contributed by atoms with van der Waals surface area (Å²) in [4.78, 5) is 6.95. The Morgan fingerprint density at radius 1 is 1.24 bits per heavy atom. The topological polar surface area (TPSA) is 39.7 Å². The molecule has 1 unspecified atom stereocenters. The van der Waals surface area contributed by atoms with Gasteiger partial charge in [-0.05, 0) is 56.5 Å². The molecule has 0 radical (unpaired) electrons. The van der Waals surface area contributed by atoms with Gasteiger partial charge in [0.2, 0.25) is 0 Å². The molecule has 21 heavy (non-hydrogen) atoms. The van der Waals surface area contributed by atoms with E-state index in [9.17, 15) is 0 Å². The highest BCUT2D eigenvalue weighted by Crippen LogP contribution is 2.42. The Labute approximate surface area is 130 Å². The van der Waals surface area contributed by atoms with Gasteiger partial charge in [-0.15, -0.1) is 0 Å². The zero-order valence-corrected chi connectivity index (χ0v) is 14.2. The molecule has 1 saturated heterocycles. The fourth-order valence-electron chi connectivity index (χ4n) is 3.67. The van der Waals surface area contributed by atoms with E-state index < -0.39 is 0 Å². The van der Waals surface area contributed by atoms with Crippen molar-refractivity contribution in [1.29, 1.82) is 0 Å². The normalized spacial score (nSPS) is 26.2. The van der Waals surface area contributed by atoms with Crippen LogP contribution in [0.5, 0.6) is 0 Å². The highest BCUT2D eigenvalue weighted by atomic mass is 15.2. The summed E-state index contributed by atoms with van der Waals surface area (Å²) >= 11 is 0. The van der Waals surface area contributed by atoms with Crippen molar-refractivity contribution in [3.8, 4) is 0 Å². The predicted octanol–water partition coefficient (Wildman–Crippen LogP) is 2.46. The quantitative estimate of drug-likeness (QED) is 0.584. The molecular formula is C17H34N4. The van der Waals surface area contributed by atoms with Crippen molar-refractivity contribution in [2.75, 3.05) is 39.8 Å². The van der Waals surface area contributed by atoms with Crippen LogP contribution in [-0.4, -0.2) is 50.6 Å². The lowest BCUT2D eigenvalue weighted by Gasteiger charge is -2.41. The maximum Gasteiger partial charge on any atom is 0.191 e. The SMILES string of the molecule is CCN1CCCC(CNC(=NC)NCC2(CC)CCC2)C1. The molecule has 0 spiro atoms. The van der Waals surface area contributed by atoms with Crippen LogP contribution in [0.15, 0.2) is 4.99 Å². The van der Waals surface area contributed by atoms with E-state index in [-0.39, 0.29) is 0 Å². The number of aliphatic imine (C=N–C) groups is 1. The third-order valence-electron chi connectivity index (χ3n) is 5.63. The summed E-state index contributed by atoms with van der Waals surface area (Å²) in [5, 5.41) is 7.09. The Kier molecular flexibility index (Phi) is 6.34. The van der Waals surface area contributed by atoms with Crippen LogP contribution >= 0.6 is 0 Å². The van der Waals surface area contributed by atoms with Crippen LogP contribution in [0.4, 0.5) is 0 Å². The van der Waals surface area contributed by atoms with Gasteiger partial charge in [-0.1, -0.05) is 20.3 Å². The van der Waals surface area contributed by atoms with Gasteiger partial charge in [-0.25, -0.2) is 0 Å². The van der Waals surface area contributed by atoms with Crippen LogP contribution in [0.1, 0.15) is 52.4 Å². The first-order valence-corrected chi connectivity index (χ1v) is 8.88. The first kappa shape index (κ1) is 16.6. The number of piperidine rings is 1. The molecule has 0 aromatic rings. The van der Waals surface area contributed by atoms with E-state index >= 15 is 0 Å². The Bertz CT molecular complexity index is 330. The molecule has 4 nitrogen and oxygen atoms in total. The van der Waals surface area contributed by atoms with Crippen molar-refractivity contribution in [3.05, 3.63) is 0 Å². The molecule has 2 N–H and O–H groups in total. The van der Waals surface area contributed by atoms with Crippen LogP contribution in [-0.2, 0) is 0 Å². The van der Waals surface area contributed by atoms with Gasteiger partial charge in [0, 0.05) is 26.7 Å². The molecule has 1 aliphatic heterocycles. The molecule has 4 heteroatoms. The lowest BCUT2D eigenvalue weighted by Crippen LogP contribution is -2.48. The first-order valence-electron chi connectivity index (χ1n) is 8.88. The molecule has 0 bridgehead atoms. The number of rotatable bonds is 6. The second kappa shape index (κ2) is 8.02. The van der Waals surface area contributed by atoms with E-state index in [0.717, 1.165) is 25.0 Å². The number of hydrogen-bond acceptors (Lipinski definition) is 2. The Morgan fingerprint density at radius 3 is 2.62 bits per heavy atom. The molecule has 1 atom stereocenters. The Hall–Kier alpha value is -0.770. The van der Waals surface area contributed by atoms with Gasteiger partial charge in [0.25, 0.3) is 0 Å². The Morgan fingerprint density at radius 2 is 2.05 bits per heavy atom. The largest absolute Gasteiger partial charge is 0.356 e. The summed E-state index contributed by atoms with van der Waals surface area (Å²) in [7, 11) is 1.88. The summed E-state index contributed by atoms with van der Waals surface area (Å²) in [5.74, 6) is 1.75. The van der Waals surface area contributed by atoms with Crippen molar-refractivity contribution >= 4 is 5.96 Å². The minimum atomic E-state index is 0.543. The zero-order chi connectivity index (χ0) is 15.1. The third-order valence-corrected chi connectivity index (χ3v) is 5.63.